The van der Waals surface area contributed by atoms with Crippen LogP contribution in [-0.4, -0.2) is 4.57 Å². The highest BCUT2D eigenvalue weighted by molar-refractivity contribution is 7.27. The van der Waals surface area contributed by atoms with Gasteiger partial charge in [0, 0.05) is 41.0 Å². The second-order valence-corrected chi connectivity index (χ2v) is 14.0. The number of para-hydroxylation sites is 1. The van der Waals surface area contributed by atoms with Crippen LogP contribution in [0.25, 0.3) is 94.9 Å². The molecule has 218 valence electrons. The van der Waals surface area contributed by atoms with Crippen molar-refractivity contribution in [2.75, 3.05) is 0 Å². The predicted octanol–water partition coefficient (Wildman–Crippen LogP) is 13.4. The first-order valence-electron chi connectivity index (χ1n) is 15.6. The number of hydrogen-bond donors (Lipinski definition) is 0. The predicted molar refractivity (Wildman–Crippen MR) is 204 cm³/mol. The molecule has 0 atom stereocenters. The quantitative estimate of drug-likeness (QED) is 0.171. The van der Waals surface area contributed by atoms with E-state index in [-0.39, 0.29) is 0 Å². The molecule has 0 saturated carbocycles. The van der Waals surface area contributed by atoms with Crippen LogP contribution in [0, 0.1) is 6.57 Å². The third-order valence-electron chi connectivity index (χ3n) is 9.44. The van der Waals surface area contributed by atoms with Gasteiger partial charge in [-0.15, -0.1) is 22.7 Å². The monoisotopic (exact) mass is 632 g/mol. The van der Waals surface area contributed by atoms with E-state index >= 15 is 0 Å². The van der Waals surface area contributed by atoms with E-state index in [2.05, 4.69) is 149 Å². The van der Waals surface area contributed by atoms with E-state index in [1.807, 2.05) is 17.4 Å². The van der Waals surface area contributed by atoms with Crippen molar-refractivity contribution in [1.29, 1.82) is 0 Å². The minimum atomic E-state index is 0.701. The first kappa shape index (κ1) is 26.5. The molecule has 3 aromatic heterocycles. The molecule has 3 heterocycles. The lowest BCUT2D eigenvalue weighted by molar-refractivity contribution is 1.20. The Bertz CT molecular complexity index is 2920. The second-order valence-electron chi connectivity index (χ2n) is 11.9. The van der Waals surface area contributed by atoms with E-state index < -0.39 is 0 Å². The van der Waals surface area contributed by atoms with Gasteiger partial charge < -0.3 is 4.57 Å². The van der Waals surface area contributed by atoms with E-state index in [0.29, 0.717) is 5.69 Å². The average molecular weight is 633 g/mol. The maximum atomic E-state index is 8.13. The Kier molecular flexibility index (Phi) is 5.71. The molecule has 0 unspecified atom stereocenters. The van der Waals surface area contributed by atoms with Crippen molar-refractivity contribution in [1.82, 2.24) is 4.57 Å². The molecular formula is C43H24N2S2. The van der Waals surface area contributed by atoms with Crippen LogP contribution in [0.5, 0.6) is 0 Å². The molecule has 0 saturated heterocycles. The van der Waals surface area contributed by atoms with Crippen molar-refractivity contribution in [3.8, 4) is 27.9 Å². The molecule has 47 heavy (non-hydrogen) atoms. The Morgan fingerprint density at radius 3 is 2.09 bits per heavy atom. The lowest BCUT2D eigenvalue weighted by atomic mass is 9.95. The maximum Gasteiger partial charge on any atom is 0.204 e. The van der Waals surface area contributed by atoms with Crippen molar-refractivity contribution in [3.63, 3.8) is 0 Å². The number of hydrogen-bond acceptors (Lipinski definition) is 2. The molecule has 0 fully saturated rings. The highest BCUT2D eigenvalue weighted by Gasteiger charge is 2.21. The number of rotatable bonds is 3. The molecule has 4 heteroatoms. The summed E-state index contributed by atoms with van der Waals surface area (Å²) in [4.78, 5) is 4.02. The zero-order valence-electron chi connectivity index (χ0n) is 25.1. The van der Waals surface area contributed by atoms with Gasteiger partial charge in [-0.05, 0) is 58.0 Å². The first-order chi connectivity index (χ1) is 23.3. The molecule has 0 amide bonds. The molecule has 0 N–H and O–H groups in total. The maximum absolute atomic E-state index is 8.13. The fourth-order valence-electron chi connectivity index (χ4n) is 7.40. The Balaban J connectivity index is 1.31. The van der Waals surface area contributed by atoms with E-state index in [1.54, 1.807) is 11.3 Å². The third-order valence-corrected chi connectivity index (χ3v) is 11.8. The van der Waals surface area contributed by atoms with Crippen LogP contribution in [0.4, 0.5) is 5.69 Å². The van der Waals surface area contributed by atoms with Crippen LogP contribution in [-0.2, 0) is 0 Å². The summed E-state index contributed by atoms with van der Waals surface area (Å²) in [5.74, 6) is 0. The van der Waals surface area contributed by atoms with Crippen molar-refractivity contribution < 1.29 is 0 Å². The molecule has 0 radical (unpaired) electrons. The number of aromatic nitrogens is 1. The Hall–Kier alpha value is -5.73. The van der Waals surface area contributed by atoms with E-state index in [1.165, 1.54) is 74.3 Å². The molecule has 10 rings (SSSR count). The smallest absolute Gasteiger partial charge is 0.204 e. The molecule has 7 aromatic carbocycles. The Labute approximate surface area is 278 Å². The average Bonchev–Trinajstić information content (AvgIpc) is 3.81. The third kappa shape index (κ3) is 3.82. The van der Waals surface area contributed by atoms with Gasteiger partial charge in [0.25, 0.3) is 0 Å². The molecule has 0 aliphatic rings. The summed E-state index contributed by atoms with van der Waals surface area (Å²) in [6.07, 6.45) is 0. The van der Waals surface area contributed by atoms with Crippen molar-refractivity contribution in [2.45, 2.75) is 0 Å². The molecule has 0 bridgehead atoms. The van der Waals surface area contributed by atoms with E-state index in [0.717, 1.165) is 15.8 Å². The second kappa shape index (κ2) is 10.1. The van der Waals surface area contributed by atoms with Gasteiger partial charge in [0.05, 0.1) is 28.0 Å². The van der Waals surface area contributed by atoms with Gasteiger partial charge in [0.15, 0.2) is 0 Å². The van der Waals surface area contributed by atoms with Crippen LogP contribution >= 0.6 is 22.7 Å². The van der Waals surface area contributed by atoms with E-state index in [9.17, 15) is 0 Å². The molecule has 2 nitrogen and oxygen atoms in total. The molecule has 0 aliphatic carbocycles. The number of benzene rings is 7. The topological polar surface area (TPSA) is 9.29 Å². The minimum Gasteiger partial charge on any atom is -0.308 e. The Morgan fingerprint density at radius 2 is 1.19 bits per heavy atom. The van der Waals surface area contributed by atoms with Gasteiger partial charge >= 0.3 is 0 Å². The van der Waals surface area contributed by atoms with Crippen LogP contribution in [0.1, 0.15) is 0 Å². The van der Waals surface area contributed by atoms with Gasteiger partial charge in [0.2, 0.25) is 5.69 Å². The Morgan fingerprint density at radius 1 is 0.468 bits per heavy atom. The fourth-order valence-corrected chi connectivity index (χ4v) is 9.82. The summed E-state index contributed by atoms with van der Waals surface area (Å²) in [5.41, 5.74) is 8.99. The summed E-state index contributed by atoms with van der Waals surface area (Å²) >= 11 is 3.59. The van der Waals surface area contributed by atoms with Gasteiger partial charge in [-0.3, -0.25) is 0 Å². The molecular weight excluding hydrogens is 609 g/mol. The van der Waals surface area contributed by atoms with E-state index in [4.69, 9.17) is 6.57 Å². The summed E-state index contributed by atoms with van der Waals surface area (Å²) in [6, 6.07) is 52.3. The van der Waals surface area contributed by atoms with Crippen molar-refractivity contribution in [2.24, 2.45) is 0 Å². The SMILES string of the molecule is [C-]#[N+]c1ccc(-c2cccc3sc4ccccc4c23)c2c1sc1c(-n3c4ccccc4c4ccc(-c5ccccc5)cc43)cccc12. The summed E-state index contributed by atoms with van der Waals surface area (Å²) < 4.78 is 7.24. The molecule has 0 spiro atoms. The minimum absolute atomic E-state index is 0.701. The number of nitrogens with zero attached hydrogens (tertiary/aromatic N) is 2. The summed E-state index contributed by atoms with van der Waals surface area (Å²) in [5, 5.41) is 7.39. The highest BCUT2D eigenvalue weighted by Crippen LogP contribution is 2.49. The summed E-state index contributed by atoms with van der Waals surface area (Å²) in [6.45, 7) is 8.13. The van der Waals surface area contributed by atoms with Gasteiger partial charge in [-0.1, -0.05) is 115 Å². The zero-order chi connectivity index (χ0) is 31.1. The summed E-state index contributed by atoms with van der Waals surface area (Å²) in [7, 11) is 0. The zero-order valence-corrected chi connectivity index (χ0v) is 26.7. The molecule has 10 aromatic rings. The number of thiophene rings is 2. The van der Waals surface area contributed by atoms with Crippen LogP contribution < -0.4 is 0 Å². The van der Waals surface area contributed by atoms with Crippen molar-refractivity contribution in [3.05, 3.63) is 157 Å². The van der Waals surface area contributed by atoms with Crippen LogP contribution in [0.3, 0.4) is 0 Å². The largest absolute Gasteiger partial charge is 0.308 e. The van der Waals surface area contributed by atoms with Crippen LogP contribution in [0.15, 0.2) is 146 Å². The lowest BCUT2D eigenvalue weighted by Crippen LogP contribution is -1.94. The fraction of sp³-hybridized carbons (Fsp3) is 0. The standard InChI is InChI=1S/C43H24N2S2/c1-44-34-24-23-31(30-15-10-20-39-40(30)32-14-6-8-19-38(32)46-39)41-33-16-9-18-36(42(33)47-43(34)41)45-35-17-7-5-13-28(35)29-22-21-27(25-37(29)45)26-11-3-2-4-12-26/h2-25H. The van der Waals surface area contributed by atoms with Gasteiger partial charge in [0.1, 0.15) is 0 Å². The lowest BCUT2D eigenvalue weighted by Gasteiger charge is -2.11. The van der Waals surface area contributed by atoms with Crippen LogP contribution in [0.2, 0.25) is 0 Å². The first-order valence-corrected chi connectivity index (χ1v) is 17.3. The normalized spacial score (nSPS) is 11.8. The van der Waals surface area contributed by atoms with Crippen molar-refractivity contribution >= 4 is 90.5 Å². The highest BCUT2D eigenvalue weighted by atomic mass is 32.1. The number of fused-ring (bicyclic) bond motifs is 9. The molecule has 0 aliphatic heterocycles. The van der Waals surface area contributed by atoms with Gasteiger partial charge in [-0.2, -0.15) is 0 Å². The van der Waals surface area contributed by atoms with Gasteiger partial charge in [-0.25, -0.2) is 4.85 Å².